The molecule has 35 heavy (non-hydrogen) atoms. The van der Waals surface area contributed by atoms with Crippen molar-refractivity contribution in [1.29, 1.82) is 0 Å². The van der Waals surface area contributed by atoms with Crippen LogP contribution in [0.5, 0.6) is 5.75 Å². The van der Waals surface area contributed by atoms with Gasteiger partial charge in [-0.15, -0.1) is 0 Å². The van der Waals surface area contributed by atoms with Crippen LogP contribution in [-0.4, -0.2) is 43.4 Å². The Morgan fingerprint density at radius 1 is 1.11 bits per heavy atom. The van der Waals surface area contributed by atoms with E-state index >= 15 is 0 Å². The second-order valence-electron chi connectivity index (χ2n) is 8.63. The number of hydrogen-bond donors (Lipinski definition) is 1. The molecule has 0 atom stereocenters. The number of Topliss-reactive ketones (excluding diaryl/α,β-unsaturated/α-hetero) is 1. The first-order chi connectivity index (χ1) is 17.1. The maximum Gasteiger partial charge on any atom is 0.162 e. The van der Waals surface area contributed by atoms with Gasteiger partial charge in [0.05, 0.1) is 22.8 Å². The molecule has 6 rings (SSSR count). The summed E-state index contributed by atoms with van der Waals surface area (Å²) in [5.74, 6) is 1.91. The monoisotopic (exact) mass is 465 g/mol. The van der Waals surface area contributed by atoms with Crippen LogP contribution in [0.3, 0.4) is 0 Å². The second kappa shape index (κ2) is 8.35. The van der Waals surface area contributed by atoms with Crippen LogP contribution in [0.15, 0.2) is 61.3 Å². The standard InChI is InChI=1S/C26H23N7O2/c1-16(34)21-13-33(26-24(21)25(27)29-15-30-26)19-9-17(11-28-12-19)14-35-20-5-3-18-4-6-23(31-22(18)10-20)32-7-2-8-32/h3-6,9-13,15H,2,7-8,14H2,1H3,(H2,27,29,30). The molecule has 1 aliphatic rings. The molecule has 0 saturated carbocycles. The summed E-state index contributed by atoms with van der Waals surface area (Å²) in [5, 5.41) is 1.62. The van der Waals surface area contributed by atoms with Crippen LogP contribution in [0.1, 0.15) is 29.3 Å². The number of anilines is 2. The van der Waals surface area contributed by atoms with Gasteiger partial charge < -0.3 is 15.4 Å². The molecule has 1 saturated heterocycles. The normalized spacial score (nSPS) is 13.2. The molecular formula is C26H23N7O2. The van der Waals surface area contributed by atoms with Crippen LogP contribution in [0, 0.1) is 0 Å². The highest BCUT2D eigenvalue weighted by atomic mass is 16.5. The Balaban J connectivity index is 1.27. The van der Waals surface area contributed by atoms with Crippen LogP contribution in [-0.2, 0) is 6.61 Å². The third-order valence-corrected chi connectivity index (χ3v) is 6.28. The number of carbonyl (C=O) groups is 1. The first kappa shape index (κ1) is 21.0. The minimum atomic E-state index is -0.107. The van der Waals surface area contributed by atoms with Crippen molar-refractivity contribution in [2.24, 2.45) is 0 Å². The molecule has 0 amide bonds. The number of ketones is 1. The van der Waals surface area contributed by atoms with Crippen LogP contribution < -0.4 is 15.4 Å². The lowest BCUT2D eigenvalue weighted by Gasteiger charge is -2.32. The Kier molecular flexibility index (Phi) is 5.02. The number of nitrogen functional groups attached to an aromatic ring is 1. The van der Waals surface area contributed by atoms with E-state index in [1.165, 1.54) is 19.7 Å². The van der Waals surface area contributed by atoms with E-state index in [1.807, 2.05) is 24.3 Å². The van der Waals surface area contributed by atoms with Gasteiger partial charge in [-0.05, 0) is 43.7 Å². The number of carbonyl (C=O) groups excluding carboxylic acids is 1. The Labute approximate surface area is 201 Å². The maximum absolute atomic E-state index is 12.2. The van der Waals surface area contributed by atoms with Crippen molar-refractivity contribution in [3.05, 3.63) is 72.4 Å². The Bertz CT molecular complexity index is 1590. The molecule has 1 fully saturated rings. The molecule has 0 spiro atoms. The number of ether oxygens (including phenoxy) is 1. The van der Waals surface area contributed by atoms with Gasteiger partial charge in [0.1, 0.15) is 30.3 Å². The van der Waals surface area contributed by atoms with Gasteiger partial charge in [0.15, 0.2) is 11.4 Å². The summed E-state index contributed by atoms with van der Waals surface area (Å²) in [6.07, 6.45) is 7.79. The summed E-state index contributed by atoms with van der Waals surface area (Å²) in [5.41, 5.74) is 9.61. The third kappa shape index (κ3) is 3.80. The van der Waals surface area contributed by atoms with Crippen LogP contribution in [0.4, 0.5) is 11.6 Å². The van der Waals surface area contributed by atoms with E-state index in [0.717, 1.165) is 46.8 Å². The Hall–Kier alpha value is -4.53. The van der Waals surface area contributed by atoms with Gasteiger partial charge in [-0.3, -0.25) is 14.3 Å². The number of fused-ring (bicyclic) bond motifs is 2. The lowest BCUT2D eigenvalue weighted by atomic mass is 10.2. The molecule has 0 radical (unpaired) electrons. The van der Waals surface area contributed by atoms with Crippen LogP contribution in [0.2, 0.25) is 0 Å². The van der Waals surface area contributed by atoms with Gasteiger partial charge in [-0.1, -0.05) is 0 Å². The van der Waals surface area contributed by atoms with Gasteiger partial charge in [-0.2, -0.15) is 0 Å². The van der Waals surface area contributed by atoms with E-state index in [4.69, 9.17) is 15.5 Å². The van der Waals surface area contributed by atoms with Crippen molar-refractivity contribution in [3.63, 3.8) is 0 Å². The van der Waals surface area contributed by atoms with E-state index in [0.29, 0.717) is 23.2 Å². The van der Waals surface area contributed by atoms with E-state index in [1.54, 1.807) is 23.2 Å². The molecule has 1 aliphatic heterocycles. The van der Waals surface area contributed by atoms with Crippen molar-refractivity contribution in [3.8, 4) is 11.4 Å². The molecule has 1 aromatic carbocycles. The van der Waals surface area contributed by atoms with Crippen molar-refractivity contribution in [1.82, 2.24) is 24.5 Å². The first-order valence-corrected chi connectivity index (χ1v) is 11.4. The lowest BCUT2D eigenvalue weighted by Crippen LogP contribution is -2.37. The summed E-state index contributed by atoms with van der Waals surface area (Å²) < 4.78 is 7.88. The topological polar surface area (TPSA) is 112 Å². The number of aromatic nitrogens is 5. The summed E-state index contributed by atoms with van der Waals surface area (Å²) in [6, 6.07) is 12.1. The number of nitrogens with two attached hydrogens (primary N) is 1. The molecular weight excluding hydrogens is 442 g/mol. The average Bonchev–Trinajstić information content (AvgIpc) is 3.23. The van der Waals surface area contributed by atoms with E-state index < -0.39 is 0 Å². The fraction of sp³-hybridized carbons (Fsp3) is 0.192. The number of hydrogen-bond acceptors (Lipinski definition) is 8. The molecule has 4 aromatic heterocycles. The highest BCUT2D eigenvalue weighted by Crippen LogP contribution is 2.28. The minimum absolute atomic E-state index is 0.107. The van der Waals surface area contributed by atoms with Crippen molar-refractivity contribution in [2.45, 2.75) is 20.0 Å². The van der Waals surface area contributed by atoms with Crippen molar-refractivity contribution >= 4 is 39.4 Å². The van der Waals surface area contributed by atoms with E-state index in [9.17, 15) is 4.79 Å². The largest absolute Gasteiger partial charge is 0.489 e. The summed E-state index contributed by atoms with van der Waals surface area (Å²) in [7, 11) is 0. The zero-order valence-corrected chi connectivity index (χ0v) is 19.2. The second-order valence-corrected chi connectivity index (χ2v) is 8.63. The van der Waals surface area contributed by atoms with Gasteiger partial charge in [0.25, 0.3) is 0 Å². The summed E-state index contributed by atoms with van der Waals surface area (Å²) in [6.45, 7) is 3.94. The molecule has 0 aliphatic carbocycles. The number of nitrogens with zero attached hydrogens (tertiary/aromatic N) is 6. The molecule has 9 heteroatoms. The molecule has 0 unspecified atom stereocenters. The molecule has 0 bridgehead atoms. The van der Waals surface area contributed by atoms with Gasteiger partial charge in [0, 0.05) is 48.1 Å². The highest BCUT2D eigenvalue weighted by molar-refractivity contribution is 6.09. The smallest absolute Gasteiger partial charge is 0.162 e. The van der Waals surface area contributed by atoms with E-state index in [2.05, 4.69) is 32.0 Å². The minimum Gasteiger partial charge on any atom is -0.489 e. The lowest BCUT2D eigenvalue weighted by molar-refractivity contribution is 0.101. The zero-order chi connectivity index (χ0) is 23.9. The van der Waals surface area contributed by atoms with Crippen LogP contribution in [0.25, 0.3) is 27.6 Å². The summed E-state index contributed by atoms with van der Waals surface area (Å²) in [4.78, 5) is 32.0. The van der Waals surface area contributed by atoms with Gasteiger partial charge in [-0.25, -0.2) is 15.0 Å². The Morgan fingerprint density at radius 3 is 2.77 bits per heavy atom. The maximum atomic E-state index is 12.2. The summed E-state index contributed by atoms with van der Waals surface area (Å²) >= 11 is 0. The molecule has 174 valence electrons. The zero-order valence-electron chi connectivity index (χ0n) is 19.2. The van der Waals surface area contributed by atoms with Crippen LogP contribution >= 0.6 is 0 Å². The molecule has 9 nitrogen and oxygen atoms in total. The third-order valence-electron chi connectivity index (χ3n) is 6.28. The highest BCUT2D eigenvalue weighted by Gasteiger charge is 2.18. The fourth-order valence-electron chi connectivity index (χ4n) is 4.30. The van der Waals surface area contributed by atoms with E-state index in [-0.39, 0.29) is 11.6 Å². The predicted octanol–water partition coefficient (Wildman–Crippen LogP) is 3.94. The quantitative estimate of drug-likeness (QED) is 0.375. The molecule has 5 aromatic rings. The fourth-order valence-corrected chi connectivity index (χ4v) is 4.30. The number of rotatable bonds is 6. The van der Waals surface area contributed by atoms with Crippen molar-refractivity contribution < 1.29 is 9.53 Å². The predicted molar refractivity (Wildman–Crippen MR) is 134 cm³/mol. The Morgan fingerprint density at radius 2 is 1.97 bits per heavy atom. The number of pyridine rings is 2. The first-order valence-electron chi connectivity index (χ1n) is 11.4. The SMILES string of the molecule is CC(=O)c1cn(-c2cncc(COc3ccc4ccc(N5CCC5)nc4c3)c2)c2ncnc(N)c12. The number of benzene rings is 1. The average molecular weight is 466 g/mol. The van der Waals surface area contributed by atoms with Gasteiger partial charge >= 0.3 is 0 Å². The molecule has 5 heterocycles. The van der Waals surface area contributed by atoms with Gasteiger partial charge in [0.2, 0.25) is 0 Å². The van der Waals surface area contributed by atoms with Crippen molar-refractivity contribution in [2.75, 3.05) is 23.7 Å². The molecule has 2 N–H and O–H groups in total.